The Morgan fingerprint density at radius 1 is 0.875 bits per heavy atom. The molecule has 2 amide bonds. The molecule has 0 aromatic heterocycles. The highest BCUT2D eigenvalue weighted by molar-refractivity contribution is 6.33. The Morgan fingerprint density at radius 3 is 2.00 bits per heavy atom. The van der Waals surface area contributed by atoms with E-state index in [1.54, 1.807) is 24.3 Å². The Kier molecular flexibility index (Phi) is 3.93. The minimum absolute atomic E-state index is 0.233. The van der Waals surface area contributed by atoms with E-state index in [-0.39, 0.29) is 17.7 Å². The normalized spacial score (nSPS) is 27.1. The van der Waals surface area contributed by atoms with Gasteiger partial charge in [0.15, 0.2) is 0 Å². The molecule has 0 spiro atoms. The van der Waals surface area contributed by atoms with Crippen LogP contribution in [-0.2, 0) is 19.2 Å². The molecule has 3 aromatic rings. The molecule has 0 radical (unpaired) electrons. The zero-order valence-corrected chi connectivity index (χ0v) is 17.9. The quantitative estimate of drug-likeness (QED) is 0.338. The van der Waals surface area contributed by atoms with Crippen molar-refractivity contribution in [2.45, 2.75) is 10.8 Å². The van der Waals surface area contributed by atoms with E-state index in [9.17, 15) is 14.4 Å². The van der Waals surface area contributed by atoms with E-state index in [1.807, 2.05) is 48.5 Å². The summed E-state index contributed by atoms with van der Waals surface area (Å²) in [5.74, 6) is -2.56. The molecule has 5 nitrogen and oxygen atoms in total. The Morgan fingerprint density at radius 2 is 1.44 bits per heavy atom. The van der Waals surface area contributed by atoms with Gasteiger partial charge in [0.05, 0.1) is 30.2 Å². The highest BCUT2D eigenvalue weighted by Crippen LogP contribution is 2.65. The lowest BCUT2D eigenvalue weighted by atomic mass is 9.54. The van der Waals surface area contributed by atoms with Crippen LogP contribution in [0.4, 0.5) is 5.69 Å². The van der Waals surface area contributed by atoms with Gasteiger partial charge in [-0.05, 0) is 46.5 Å². The first kappa shape index (κ1) is 19.3. The number of hydrogen-bond acceptors (Lipinski definition) is 4. The van der Waals surface area contributed by atoms with Crippen molar-refractivity contribution in [1.82, 2.24) is 0 Å². The molecule has 1 aliphatic heterocycles. The molecule has 6 heteroatoms. The number of halogens is 1. The number of methoxy groups -OCH3 is 1. The number of ether oxygens (including phenoxy) is 1. The number of alkyl halides is 1. The molecule has 7 rings (SSSR count). The van der Waals surface area contributed by atoms with Crippen LogP contribution in [0, 0.1) is 11.8 Å². The molecule has 2 atom stereocenters. The molecule has 3 aliphatic carbocycles. The molecule has 1 heterocycles. The third kappa shape index (κ3) is 2.21. The van der Waals surface area contributed by atoms with Gasteiger partial charge in [-0.1, -0.05) is 48.5 Å². The Balaban J connectivity index is 1.52. The second-order valence-electron chi connectivity index (χ2n) is 8.42. The van der Waals surface area contributed by atoms with E-state index in [2.05, 4.69) is 0 Å². The van der Waals surface area contributed by atoms with Crippen molar-refractivity contribution in [3.05, 3.63) is 101 Å². The van der Waals surface area contributed by atoms with E-state index in [0.717, 1.165) is 22.3 Å². The monoisotopic (exact) mass is 443 g/mol. The van der Waals surface area contributed by atoms with E-state index in [0.29, 0.717) is 11.3 Å². The average Bonchev–Trinajstić information content (AvgIpc) is 3.10. The molecule has 3 aromatic carbocycles. The molecule has 0 unspecified atom stereocenters. The van der Waals surface area contributed by atoms with Crippen LogP contribution in [0.3, 0.4) is 0 Å². The Labute approximate surface area is 189 Å². The maximum absolute atomic E-state index is 13.8. The first-order valence-corrected chi connectivity index (χ1v) is 10.8. The number of carbonyl (C=O) groups is 3. The van der Waals surface area contributed by atoms with Crippen molar-refractivity contribution >= 4 is 35.1 Å². The standard InChI is InChI=1S/C26H18ClNO4/c1-32-25(31)14-10-12-15(13-11-14)28-23(29)21-20-16-6-2-4-8-18(16)26(27,22(21)24(28)30)19-9-5-3-7-17(19)20/h2-13,20-22H,1H3/t20?,21-,22-,26?/m1/s1. The van der Waals surface area contributed by atoms with Crippen LogP contribution < -0.4 is 4.90 Å². The van der Waals surface area contributed by atoms with Gasteiger partial charge in [0.1, 0.15) is 4.87 Å². The predicted molar refractivity (Wildman–Crippen MR) is 119 cm³/mol. The van der Waals surface area contributed by atoms with Gasteiger partial charge in [0.2, 0.25) is 11.8 Å². The smallest absolute Gasteiger partial charge is 0.337 e. The lowest BCUT2D eigenvalue weighted by Crippen LogP contribution is -2.50. The zero-order chi connectivity index (χ0) is 22.2. The molecule has 158 valence electrons. The van der Waals surface area contributed by atoms with Crippen LogP contribution in [0.2, 0.25) is 0 Å². The van der Waals surface area contributed by atoms with Crippen LogP contribution in [0.25, 0.3) is 0 Å². The summed E-state index contributed by atoms with van der Waals surface area (Å²) in [5.41, 5.74) is 4.58. The maximum atomic E-state index is 13.8. The minimum atomic E-state index is -1.11. The lowest BCUT2D eigenvalue weighted by molar-refractivity contribution is -0.122. The number of carbonyl (C=O) groups excluding carboxylic acids is 3. The number of hydrogen-bond donors (Lipinski definition) is 0. The Bertz CT molecular complexity index is 1270. The van der Waals surface area contributed by atoms with Crippen molar-refractivity contribution in [1.29, 1.82) is 0 Å². The van der Waals surface area contributed by atoms with Crippen molar-refractivity contribution in [2.75, 3.05) is 12.0 Å². The molecule has 4 aliphatic rings. The number of benzene rings is 3. The van der Waals surface area contributed by atoms with Crippen LogP contribution >= 0.6 is 11.6 Å². The second kappa shape index (κ2) is 6.53. The van der Waals surface area contributed by atoms with Gasteiger partial charge in [-0.15, -0.1) is 11.6 Å². The van der Waals surface area contributed by atoms with Gasteiger partial charge >= 0.3 is 5.97 Å². The number of amides is 2. The maximum Gasteiger partial charge on any atom is 0.337 e. The highest BCUT2D eigenvalue weighted by Gasteiger charge is 2.67. The second-order valence-corrected chi connectivity index (χ2v) is 9.01. The van der Waals surface area contributed by atoms with Gasteiger partial charge in [-0.25, -0.2) is 9.69 Å². The molecular weight excluding hydrogens is 426 g/mol. The Hall–Kier alpha value is -3.44. The number of rotatable bonds is 2. The van der Waals surface area contributed by atoms with E-state index in [1.165, 1.54) is 12.0 Å². The first-order valence-electron chi connectivity index (χ1n) is 10.4. The van der Waals surface area contributed by atoms with E-state index < -0.39 is 22.7 Å². The third-order valence-corrected chi connectivity index (χ3v) is 7.70. The largest absolute Gasteiger partial charge is 0.465 e. The fraction of sp³-hybridized carbons (Fsp3) is 0.192. The van der Waals surface area contributed by atoms with Crippen molar-refractivity contribution < 1.29 is 19.1 Å². The van der Waals surface area contributed by atoms with Crippen LogP contribution in [0.1, 0.15) is 38.5 Å². The summed E-state index contributed by atoms with van der Waals surface area (Å²) < 4.78 is 4.74. The molecule has 1 saturated heterocycles. The van der Waals surface area contributed by atoms with Crippen LogP contribution in [0.5, 0.6) is 0 Å². The van der Waals surface area contributed by atoms with Gasteiger partial charge in [0, 0.05) is 5.92 Å². The third-order valence-electron chi connectivity index (χ3n) is 7.06. The van der Waals surface area contributed by atoms with Gasteiger partial charge < -0.3 is 4.74 Å². The van der Waals surface area contributed by atoms with Gasteiger partial charge in [0.25, 0.3) is 0 Å². The van der Waals surface area contributed by atoms with Crippen molar-refractivity contribution in [3.8, 4) is 0 Å². The fourth-order valence-corrected chi connectivity index (χ4v) is 6.37. The number of nitrogens with zero attached hydrogens (tertiary/aromatic N) is 1. The van der Waals surface area contributed by atoms with Gasteiger partial charge in [-0.2, -0.15) is 0 Å². The predicted octanol–water partition coefficient (Wildman–Crippen LogP) is 4.22. The fourth-order valence-electron chi connectivity index (χ4n) is 5.80. The molecule has 32 heavy (non-hydrogen) atoms. The number of esters is 1. The number of anilines is 1. The summed E-state index contributed by atoms with van der Waals surface area (Å²) in [6, 6.07) is 22.0. The van der Waals surface area contributed by atoms with Crippen LogP contribution in [0.15, 0.2) is 72.8 Å². The van der Waals surface area contributed by atoms with Crippen molar-refractivity contribution in [2.24, 2.45) is 11.8 Å². The molecule has 2 bridgehead atoms. The first-order chi connectivity index (χ1) is 15.5. The summed E-state index contributed by atoms with van der Waals surface area (Å²) >= 11 is 7.40. The van der Waals surface area contributed by atoms with Gasteiger partial charge in [-0.3, -0.25) is 9.59 Å². The summed E-state index contributed by atoms with van der Waals surface area (Å²) in [6.45, 7) is 0. The van der Waals surface area contributed by atoms with E-state index >= 15 is 0 Å². The summed E-state index contributed by atoms with van der Waals surface area (Å²) in [4.78, 5) is 39.4. The van der Waals surface area contributed by atoms with Crippen LogP contribution in [-0.4, -0.2) is 24.9 Å². The molecule has 0 N–H and O–H groups in total. The molecule has 0 saturated carbocycles. The van der Waals surface area contributed by atoms with E-state index in [4.69, 9.17) is 16.3 Å². The van der Waals surface area contributed by atoms with Crippen molar-refractivity contribution in [3.63, 3.8) is 0 Å². The topological polar surface area (TPSA) is 63.7 Å². The zero-order valence-electron chi connectivity index (χ0n) is 17.1. The average molecular weight is 444 g/mol. The molecular formula is C26H18ClNO4. The summed E-state index contributed by atoms with van der Waals surface area (Å²) in [5, 5.41) is 0. The minimum Gasteiger partial charge on any atom is -0.465 e. The lowest BCUT2D eigenvalue weighted by Gasteiger charge is -2.50. The molecule has 1 fully saturated rings. The summed E-state index contributed by atoms with van der Waals surface area (Å²) in [7, 11) is 1.31. The highest BCUT2D eigenvalue weighted by atomic mass is 35.5. The SMILES string of the molecule is COC(=O)c1ccc(N2C(=O)[C@@H]3C4c5ccccc5C(Cl)(c5ccccc54)[C@H]3C2=O)cc1. The summed E-state index contributed by atoms with van der Waals surface area (Å²) in [6.07, 6.45) is 0. The number of imide groups is 1.